The molecule has 2 aromatic rings. The quantitative estimate of drug-likeness (QED) is 0.730. The average molecular weight is 385 g/mol. The zero-order valence-electron chi connectivity index (χ0n) is 16.0. The number of amides is 1. The van der Waals surface area contributed by atoms with Gasteiger partial charge in [-0.1, -0.05) is 60.7 Å². The average Bonchev–Trinajstić information content (AvgIpc) is 2.70. The van der Waals surface area contributed by atoms with Crippen molar-refractivity contribution >= 4 is 5.91 Å². The number of benzene rings is 2. The zero-order valence-corrected chi connectivity index (χ0v) is 16.0. The van der Waals surface area contributed by atoms with Crippen molar-refractivity contribution in [2.75, 3.05) is 6.61 Å². The summed E-state index contributed by atoms with van der Waals surface area (Å²) in [4.78, 5) is 11.4. The molecule has 28 heavy (non-hydrogen) atoms. The van der Waals surface area contributed by atoms with Crippen LogP contribution in [-0.4, -0.2) is 42.2 Å². The molecule has 1 fully saturated rings. The van der Waals surface area contributed by atoms with E-state index >= 15 is 0 Å². The van der Waals surface area contributed by atoms with Gasteiger partial charge in [0.05, 0.1) is 32.0 Å². The van der Waals surface area contributed by atoms with Gasteiger partial charge < -0.3 is 24.6 Å². The van der Waals surface area contributed by atoms with E-state index < -0.39 is 18.4 Å². The molecule has 3 rings (SSSR count). The van der Waals surface area contributed by atoms with Crippen molar-refractivity contribution in [1.29, 1.82) is 0 Å². The lowest BCUT2D eigenvalue weighted by atomic mass is 10.00. The molecule has 0 saturated carbocycles. The molecule has 150 valence electrons. The van der Waals surface area contributed by atoms with Crippen molar-refractivity contribution in [3.8, 4) is 0 Å². The second-order valence-electron chi connectivity index (χ2n) is 6.94. The lowest BCUT2D eigenvalue weighted by molar-refractivity contribution is -0.236. The fraction of sp³-hybridized carbons (Fsp3) is 0.409. The third kappa shape index (κ3) is 6.14. The van der Waals surface area contributed by atoms with E-state index in [1.807, 2.05) is 60.7 Å². The Bertz CT molecular complexity index is 724. The van der Waals surface area contributed by atoms with E-state index in [1.165, 1.54) is 6.92 Å². The number of aliphatic hydroxyl groups excluding tert-OH is 1. The molecule has 0 aliphatic carbocycles. The van der Waals surface area contributed by atoms with Crippen LogP contribution in [0.25, 0.3) is 0 Å². The van der Waals surface area contributed by atoms with Crippen LogP contribution in [0.4, 0.5) is 0 Å². The third-order valence-electron chi connectivity index (χ3n) is 4.65. The highest BCUT2D eigenvalue weighted by Crippen LogP contribution is 2.23. The SMILES string of the molecule is CC(=O)N[C@@H]1C[C@H](OCc2ccccc2)[C@@H](COCc2ccccc2)O[C@@H]1O. The van der Waals surface area contributed by atoms with E-state index in [4.69, 9.17) is 14.2 Å². The highest BCUT2D eigenvalue weighted by atomic mass is 16.6. The van der Waals surface area contributed by atoms with Crippen molar-refractivity contribution in [3.63, 3.8) is 0 Å². The molecule has 0 unspecified atom stereocenters. The highest BCUT2D eigenvalue weighted by molar-refractivity contribution is 5.73. The molecule has 0 bridgehead atoms. The first kappa shape index (κ1) is 20.5. The van der Waals surface area contributed by atoms with E-state index in [9.17, 15) is 9.90 Å². The zero-order chi connectivity index (χ0) is 19.8. The summed E-state index contributed by atoms with van der Waals surface area (Å²) in [7, 11) is 0. The fourth-order valence-corrected chi connectivity index (χ4v) is 3.24. The summed E-state index contributed by atoms with van der Waals surface area (Å²) in [6.45, 7) is 2.59. The number of nitrogens with one attached hydrogen (secondary N) is 1. The lowest BCUT2D eigenvalue weighted by Crippen LogP contribution is -2.55. The molecule has 1 saturated heterocycles. The summed E-state index contributed by atoms with van der Waals surface area (Å²) in [6.07, 6.45) is -1.37. The summed E-state index contributed by atoms with van der Waals surface area (Å²) < 4.78 is 17.6. The number of ether oxygens (including phenoxy) is 3. The van der Waals surface area contributed by atoms with Crippen LogP contribution in [0.1, 0.15) is 24.5 Å². The van der Waals surface area contributed by atoms with Crippen LogP contribution in [0.2, 0.25) is 0 Å². The highest BCUT2D eigenvalue weighted by Gasteiger charge is 2.38. The molecule has 1 aliphatic heterocycles. The summed E-state index contributed by atoms with van der Waals surface area (Å²) >= 11 is 0. The molecule has 4 atom stereocenters. The van der Waals surface area contributed by atoms with Gasteiger partial charge >= 0.3 is 0 Å². The van der Waals surface area contributed by atoms with Gasteiger partial charge in [-0.05, 0) is 11.1 Å². The lowest BCUT2D eigenvalue weighted by Gasteiger charge is -2.39. The summed E-state index contributed by atoms with van der Waals surface area (Å²) in [5, 5.41) is 13.0. The largest absolute Gasteiger partial charge is 0.374 e. The fourth-order valence-electron chi connectivity index (χ4n) is 3.24. The van der Waals surface area contributed by atoms with Crippen molar-refractivity contribution < 1.29 is 24.1 Å². The van der Waals surface area contributed by atoms with Gasteiger partial charge in [-0.15, -0.1) is 0 Å². The number of rotatable bonds is 8. The number of aliphatic hydroxyl groups is 1. The van der Waals surface area contributed by atoms with Gasteiger partial charge in [0, 0.05) is 13.3 Å². The van der Waals surface area contributed by atoms with Crippen LogP contribution < -0.4 is 5.32 Å². The van der Waals surface area contributed by atoms with Gasteiger partial charge in [-0.3, -0.25) is 4.79 Å². The molecular weight excluding hydrogens is 358 g/mol. The van der Waals surface area contributed by atoms with Crippen molar-refractivity contribution in [2.24, 2.45) is 0 Å². The minimum atomic E-state index is -1.09. The van der Waals surface area contributed by atoms with Crippen LogP contribution in [-0.2, 0) is 32.2 Å². The molecule has 1 aliphatic rings. The Balaban J connectivity index is 1.59. The molecule has 1 amide bonds. The molecule has 6 heteroatoms. The predicted molar refractivity (Wildman–Crippen MR) is 104 cm³/mol. The Morgan fingerprint density at radius 3 is 2.29 bits per heavy atom. The summed E-state index contributed by atoms with van der Waals surface area (Å²) in [5.74, 6) is -0.215. The maximum Gasteiger partial charge on any atom is 0.217 e. The number of hydrogen-bond donors (Lipinski definition) is 2. The van der Waals surface area contributed by atoms with E-state index in [0.717, 1.165) is 11.1 Å². The third-order valence-corrected chi connectivity index (χ3v) is 4.65. The Labute approximate surface area is 165 Å². The van der Waals surface area contributed by atoms with Crippen molar-refractivity contribution in [1.82, 2.24) is 5.32 Å². The Morgan fingerprint density at radius 1 is 1.07 bits per heavy atom. The monoisotopic (exact) mass is 385 g/mol. The maximum atomic E-state index is 11.4. The minimum absolute atomic E-state index is 0.215. The van der Waals surface area contributed by atoms with Gasteiger partial charge in [0.2, 0.25) is 5.91 Å². The van der Waals surface area contributed by atoms with Gasteiger partial charge in [0.25, 0.3) is 0 Å². The smallest absolute Gasteiger partial charge is 0.217 e. The molecule has 2 N–H and O–H groups in total. The molecule has 2 aromatic carbocycles. The Hall–Kier alpha value is -2.25. The van der Waals surface area contributed by atoms with Crippen LogP contribution in [0.5, 0.6) is 0 Å². The first-order valence-corrected chi connectivity index (χ1v) is 9.49. The molecule has 1 heterocycles. The topological polar surface area (TPSA) is 77.0 Å². The Kier molecular flexibility index (Phi) is 7.56. The number of carbonyl (C=O) groups excluding carboxylic acids is 1. The summed E-state index contributed by atoms with van der Waals surface area (Å²) in [6, 6.07) is 19.2. The van der Waals surface area contributed by atoms with Gasteiger partial charge in [-0.2, -0.15) is 0 Å². The normalized spacial score (nSPS) is 24.6. The second-order valence-corrected chi connectivity index (χ2v) is 6.94. The predicted octanol–water partition coefficient (Wildman–Crippen LogP) is 2.40. The van der Waals surface area contributed by atoms with E-state index in [2.05, 4.69) is 5.32 Å². The number of hydrogen-bond acceptors (Lipinski definition) is 5. The van der Waals surface area contributed by atoms with E-state index in [1.54, 1.807) is 0 Å². The van der Waals surface area contributed by atoms with Crippen molar-refractivity contribution in [2.45, 2.75) is 51.1 Å². The maximum absolute atomic E-state index is 11.4. The molecular formula is C22H27NO5. The van der Waals surface area contributed by atoms with Crippen molar-refractivity contribution in [3.05, 3.63) is 71.8 Å². The summed E-state index contributed by atoms with van der Waals surface area (Å²) in [5.41, 5.74) is 2.12. The van der Waals surface area contributed by atoms with Crippen LogP contribution >= 0.6 is 0 Å². The molecule has 0 radical (unpaired) electrons. The van der Waals surface area contributed by atoms with Crippen LogP contribution in [0.15, 0.2) is 60.7 Å². The van der Waals surface area contributed by atoms with Gasteiger partial charge in [0.15, 0.2) is 6.29 Å². The standard InChI is InChI=1S/C22H27NO5/c1-16(24)23-19-12-20(27-14-18-10-6-3-7-11-18)21(28-22(19)25)15-26-13-17-8-4-2-5-9-17/h2-11,19-22,25H,12-15H2,1H3,(H,23,24)/t19-,20+,21-,22+/m1/s1. The van der Waals surface area contributed by atoms with Crippen LogP contribution in [0, 0.1) is 0 Å². The minimum Gasteiger partial charge on any atom is -0.374 e. The van der Waals surface area contributed by atoms with E-state index in [-0.39, 0.29) is 18.6 Å². The molecule has 0 spiro atoms. The first-order valence-electron chi connectivity index (χ1n) is 9.49. The van der Waals surface area contributed by atoms with E-state index in [0.29, 0.717) is 19.6 Å². The number of carbonyl (C=O) groups is 1. The Morgan fingerprint density at radius 2 is 1.68 bits per heavy atom. The second kappa shape index (κ2) is 10.3. The molecule has 0 aromatic heterocycles. The first-order chi connectivity index (χ1) is 13.6. The van der Waals surface area contributed by atoms with Gasteiger partial charge in [0.1, 0.15) is 6.10 Å². The molecule has 6 nitrogen and oxygen atoms in total. The van der Waals surface area contributed by atoms with Gasteiger partial charge in [-0.25, -0.2) is 0 Å². The van der Waals surface area contributed by atoms with Crippen LogP contribution in [0.3, 0.4) is 0 Å².